The molecule has 2 aromatic rings. The molecule has 0 fully saturated rings. The van der Waals surface area contributed by atoms with Crippen LogP contribution in [0.2, 0.25) is 5.02 Å². The van der Waals surface area contributed by atoms with Gasteiger partial charge in [-0.3, -0.25) is 0 Å². The third kappa shape index (κ3) is 5.06. The third-order valence-corrected chi connectivity index (χ3v) is 3.42. The molecule has 0 aliphatic carbocycles. The van der Waals surface area contributed by atoms with Crippen LogP contribution in [0.25, 0.3) is 0 Å². The number of phenols is 1. The van der Waals surface area contributed by atoms with Crippen molar-refractivity contribution in [3.8, 4) is 5.75 Å². The zero-order valence-electron chi connectivity index (χ0n) is 10.9. The van der Waals surface area contributed by atoms with E-state index in [4.69, 9.17) is 11.6 Å². The van der Waals surface area contributed by atoms with Crippen LogP contribution < -0.4 is 29.6 Å². The Hall–Kier alpha value is -0.960. The Morgan fingerprint density at radius 2 is 1.67 bits per heavy atom. The Bertz CT molecular complexity index is 763. The Balaban J connectivity index is 0.00000220. The summed E-state index contributed by atoms with van der Waals surface area (Å²) in [5.41, 5.74) is 0.509. The first-order chi connectivity index (χ1) is 9.36. The van der Waals surface area contributed by atoms with Gasteiger partial charge in [-0.2, -0.15) is 5.11 Å². The molecular formula is C12H8ClN2NaO4S. The Morgan fingerprint density at radius 1 is 1.05 bits per heavy atom. The average Bonchev–Trinajstić information content (AvgIpc) is 2.39. The first-order valence-corrected chi connectivity index (χ1v) is 7.11. The minimum atomic E-state index is -4.48. The van der Waals surface area contributed by atoms with Gasteiger partial charge in [-0.1, -0.05) is 11.6 Å². The quantitative estimate of drug-likeness (QED) is 0.497. The first kappa shape index (κ1) is 18.1. The van der Waals surface area contributed by atoms with Gasteiger partial charge in [0.1, 0.15) is 21.6 Å². The maximum absolute atomic E-state index is 10.7. The van der Waals surface area contributed by atoms with Crippen molar-refractivity contribution in [2.24, 2.45) is 10.2 Å². The van der Waals surface area contributed by atoms with E-state index in [-0.39, 0.29) is 45.9 Å². The van der Waals surface area contributed by atoms with Crippen molar-refractivity contribution in [2.75, 3.05) is 0 Å². The van der Waals surface area contributed by atoms with Crippen LogP contribution in [0.15, 0.2) is 57.6 Å². The summed E-state index contributed by atoms with van der Waals surface area (Å²) in [6.07, 6.45) is 0. The van der Waals surface area contributed by atoms with E-state index in [1.807, 2.05) is 0 Å². The Labute approximate surface area is 148 Å². The molecule has 0 bridgehead atoms. The molecule has 0 spiro atoms. The van der Waals surface area contributed by atoms with Crippen molar-refractivity contribution in [3.05, 3.63) is 47.5 Å². The topological polar surface area (TPSA) is 102 Å². The maximum Gasteiger partial charge on any atom is 1.00 e. The summed E-state index contributed by atoms with van der Waals surface area (Å²) in [6.45, 7) is 0. The summed E-state index contributed by atoms with van der Waals surface area (Å²) in [5.74, 6) is -0.0862. The molecule has 0 aliphatic rings. The number of rotatable bonds is 3. The predicted octanol–water partition coefficient (Wildman–Crippen LogP) is 0.369. The summed E-state index contributed by atoms with van der Waals surface area (Å²) in [5, 5.41) is 17.5. The smallest absolute Gasteiger partial charge is 0.744 e. The van der Waals surface area contributed by atoms with E-state index < -0.39 is 10.1 Å². The van der Waals surface area contributed by atoms with Gasteiger partial charge >= 0.3 is 29.6 Å². The molecule has 2 rings (SSSR count). The van der Waals surface area contributed by atoms with Crippen molar-refractivity contribution >= 4 is 33.1 Å². The molecule has 0 aromatic heterocycles. The van der Waals surface area contributed by atoms with Crippen molar-refractivity contribution in [1.29, 1.82) is 0 Å². The van der Waals surface area contributed by atoms with Gasteiger partial charge in [-0.05, 0) is 42.5 Å². The van der Waals surface area contributed by atoms with Crippen LogP contribution in [0, 0.1) is 0 Å². The number of hydrogen-bond acceptors (Lipinski definition) is 6. The van der Waals surface area contributed by atoms with Crippen molar-refractivity contribution < 1.29 is 47.6 Å². The second-order valence-corrected chi connectivity index (χ2v) is 5.60. The normalized spacial score (nSPS) is 11.3. The zero-order chi connectivity index (χ0) is 14.8. The van der Waals surface area contributed by atoms with Gasteiger partial charge in [0.25, 0.3) is 0 Å². The van der Waals surface area contributed by atoms with Gasteiger partial charge in [0.2, 0.25) is 0 Å². The number of phenolic OH excluding ortho intramolecular Hbond substituents is 1. The number of benzene rings is 2. The molecule has 0 unspecified atom stereocenters. The van der Waals surface area contributed by atoms with Gasteiger partial charge in [-0.15, -0.1) is 5.11 Å². The van der Waals surface area contributed by atoms with E-state index in [0.29, 0.717) is 10.7 Å². The number of halogens is 1. The molecule has 2 aromatic carbocycles. The standard InChI is InChI=1S/C12H9ClN2O4S.Na/c13-8-1-6-12(16)11(7-8)15-14-9-2-4-10(5-3-9)20(17,18)19;/h1-7,16H,(H,17,18,19);/q;+1/p-1. The second-order valence-electron chi connectivity index (χ2n) is 3.78. The number of azo groups is 1. The van der Waals surface area contributed by atoms with Crippen molar-refractivity contribution in [3.63, 3.8) is 0 Å². The largest absolute Gasteiger partial charge is 1.00 e. The Morgan fingerprint density at radius 3 is 2.24 bits per heavy atom. The monoisotopic (exact) mass is 334 g/mol. The first-order valence-electron chi connectivity index (χ1n) is 5.32. The van der Waals surface area contributed by atoms with E-state index in [1.165, 1.54) is 30.3 Å². The van der Waals surface area contributed by atoms with Gasteiger partial charge in [0, 0.05) is 5.02 Å². The van der Waals surface area contributed by atoms with Gasteiger partial charge in [0.15, 0.2) is 0 Å². The molecule has 0 heterocycles. The Kier molecular flexibility index (Phi) is 6.33. The fourth-order valence-corrected chi connectivity index (χ4v) is 2.00. The molecule has 104 valence electrons. The molecule has 0 aliphatic heterocycles. The summed E-state index contributed by atoms with van der Waals surface area (Å²) in [4.78, 5) is -0.345. The van der Waals surface area contributed by atoms with E-state index in [1.54, 1.807) is 0 Å². The van der Waals surface area contributed by atoms with Crippen molar-refractivity contribution in [2.45, 2.75) is 4.90 Å². The van der Waals surface area contributed by atoms with E-state index >= 15 is 0 Å². The third-order valence-electron chi connectivity index (χ3n) is 2.34. The number of nitrogens with zero attached hydrogens (tertiary/aromatic N) is 2. The average molecular weight is 335 g/mol. The fraction of sp³-hybridized carbons (Fsp3) is 0. The van der Waals surface area contributed by atoms with E-state index in [2.05, 4.69) is 10.2 Å². The van der Waals surface area contributed by atoms with Crippen LogP contribution in [-0.4, -0.2) is 18.1 Å². The molecule has 0 amide bonds. The van der Waals surface area contributed by atoms with E-state index in [0.717, 1.165) is 12.1 Å². The molecule has 9 heteroatoms. The van der Waals surface area contributed by atoms with Crippen molar-refractivity contribution in [1.82, 2.24) is 0 Å². The molecule has 21 heavy (non-hydrogen) atoms. The minimum Gasteiger partial charge on any atom is -0.744 e. The summed E-state index contributed by atoms with van der Waals surface area (Å²) < 4.78 is 32.2. The molecular weight excluding hydrogens is 327 g/mol. The van der Waals surface area contributed by atoms with Crippen LogP contribution in [0.4, 0.5) is 11.4 Å². The van der Waals surface area contributed by atoms with Crippen LogP contribution in [0.5, 0.6) is 5.75 Å². The molecule has 1 N–H and O–H groups in total. The molecule has 0 atom stereocenters. The molecule has 0 radical (unpaired) electrons. The summed E-state index contributed by atoms with van der Waals surface area (Å²) in [7, 11) is -4.48. The molecule has 6 nitrogen and oxygen atoms in total. The summed E-state index contributed by atoms with van der Waals surface area (Å²) >= 11 is 5.76. The van der Waals surface area contributed by atoms with E-state index in [9.17, 15) is 18.1 Å². The number of aromatic hydroxyl groups is 1. The zero-order valence-corrected chi connectivity index (χ0v) is 14.5. The second kappa shape index (κ2) is 7.35. The SMILES string of the molecule is O=S(=O)([O-])c1ccc(N=Nc2cc(Cl)ccc2O)cc1.[Na+]. The maximum atomic E-state index is 10.7. The molecule has 0 saturated heterocycles. The van der Waals surface area contributed by atoms with Crippen LogP contribution in [0.3, 0.4) is 0 Å². The summed E-state index contributed by atoms with van der Waals surface area (Å²) in [6, 6.07) is 9.24. The minimum absolute atomic E-state index is 0. The van der Waals surface area contributed by atoms with Gasteiger partial charge in [0.05, 0.1) is 10.6 Å². The fourth-order valence-electron chi connectivity index (χ4n) is 1.37. The van der Waals surface area contributed by atoms with Crippen LogP contribution >= 0.6 is 11.6 Å². The molecule has 0 saturated carbocycles. The predicted molar refractivity (Wildman–Crippen MR) is 71.7 cm³/mol. The van der Waals surface area contributed by atoms with Gasteiger partial charge in [-0.25, -0.2) is 8.42 Å². The van der Waals surface area contributed by atoms with Gasteiger partial charge < -0.3 is 9.66 Å². The van der Waals surface area contributed by atoms with Crippen LogP contribution in [0.1, 0.15) is 0 Å². The van der Waals surface area contributed by atoms with Crippen LogP contribution in [-0.2, 0) is 10.1 Å². The number of hydrogen-bond donors (Lipinski definition) is 1.